The van der Waals surface area contributed by atoms with E-state index in [-0.39, 0.29) is 0 Å². The Bertz CT molecular complexity index is 923. The minimum absolute atomic E-state index is 0.386. The maximum Gasteiger partial charge on any atom is 0.336 e. The Balaban J connectivity index is 2.59. The predicted octanol–water partition coefficient (Wildman–Crippen LogP) is 3.36. The van der Waals surface area contributed by atoms with Gasteiger partial charge in [0, 0.05) is 0 Å². The maximum atomic E-state index is 11.9. The Morgan fingerprint density at radius 1 is 0.633 bits per heavy atom. The minimum Gasteiger partial charge on any atom is -0.493 e. The molecule has 0 bridgehead atoms. The van der Waals surface area contributed by atoms with Crippen molar-refractivity contribution >= 4 is 24.1 Å². The van der Waals surface area contributed by atoms with E-state index in [4.69, 9.17) is 18.9 Å². The number of carbonyl (C=O) groups is 2. The molecule has 0 aliphatic carbocycles. The largest absolute Gasteiger partial charge is 0.493 e. The van der Waals surface area contributed by atoms with Gasteiger partial charge in [-0.1, -0.05) is 12.1 Å². The average Bonchev–Trinajstić information content (AvgIpc) is 2.75. The van der Waals surface area contributed by atoms with Gasteiger partial charge in [-0.05, 0) is 47.5 Å². The summed E-state index contributed by atoms with van der Waals surface area (Å²) in [6, 6.07) is 9.50. The van der Waals surface area contributed by atoms with E-state index in [1.165, 1.54) is 40.6 Å². The van der Waals surface area contributed by atoms with Crippen LogP contribution in [0, 0.1) is 0 Å². The summed E-state index contributed by atoms with van der Waals surface area (Å²) in [5.41, 5.74) is 0.0723. The zero-order valence-corrected chi connectivity index (χ0v) is 17.0. The van der Waals surface area contributed by atoms with Crippen molar-refractivity contribution in [1.82, 2.24) is 0 Å². The number of aliphatic carboxylic acids is 2. The molecule has 0 saturated heterocycles. The summed E-state index contributed by atoms with van der Waals surface area (Å²) >= 11 is 0. The van der Waals surface area contributed by atoms with Crippen molar-refractivity contribution in [3.8, 4) is 23.0 Å². The van der Waals surface area contributed by atoms with Gasteiger partial charge in [0.1, 0.15) is 0 Å². The highest BCUT2D eigenvalue weighted by atomic mass is 16.5. The molecular weight excluding hydrogens is 392 g/mol. The predicted molar refractivity (Wildman–Crippen MR) is 110 cm³/mol. The molecule has 8 heteroatoms. The molecule has 8 nitrogen and oxygen atoms in total. The van der Waals surface area contributed by atoms with Crippen LogP contribution in [0.2, 0.25) is 0 Å². The smallest absolute Gasteiger partial charge is 0.336 e. The number of rotatable bonds is 9. The standard InChI is InChI=1S/C22H22O8/c1-27-17-7-5-13(11-19(17)29-3)9-15(21(23)24)16(22(25)26)10-14-6-8-18(28-2)20(12-14)30-4/h5-12H,1-4H3,(H,23,24)(H,25,26)/b15-9-,16-10-. The summed E-state index contributed by atoms with van der Waals surface area (Å²) in [5, 5.41) is 19.3. The fourth-order valence-electron chi connectivity index (χ4n) is 2.73. The van der Waals surface area contributed by atoms with Crippen molar-refractivity contribution in [2.24, 2.45) is 0 Å². The second-order valence-electron chi connectivity index (χ2n) is 5.96. The van der Waals surface area contributed by atoms with Gasteiger partial charge in [-0.15, -0.1) is 0 Å². The minimum atomic E-state index is -1.39. The first kappa shape index (κ1) is 22.4. The number of methoxy groups -OCH3 is 4. The lowest BCUT2D eigenvalue weighted by Gasteiger charge is -2.10. The van der Waals surface area contributed by atoms with Crippen molar-refractivity contribution in [2.75, 3.05) is 28.4 Å². The van der Waals surface area contributed by atoms with Crippen LogP contribution in [0.4, 0.5) is 0 Å². The Hall–Kier alpha value is -3.94. The van der Waals surface area contributed by atoms with Gasteiger partial charge in [-0.2, -0.15) is 0 Å². The van der Waals surface area contributed by atoms with Gasteiger partial charge in [0.2, 0.25) is 0 Å². The summed E-state index contributed by atoms with van der Waals surface area (Å²) in [7, 11) is 5.85. The highest BCUT2D eigenvalue weighted by molar-refractivity contribution is 6.11. The molecule has 0 amide bonds. The molecule has 2 N–H and O–H groups in total. The molecular formula is C22H22O8. The summed E-state index contributed by atoms with van der Waals surface area (Å²) in [6.07, 6.45) is 2.51. The monoisotopic (exact) mass is 414 g/mol. The number of hydrogen-bond donors (Lipinski definition) is 2. The van der Waals surface area contributed by atoms with Crippen molar-refractivity contribution < 1.29 is 38.7 Å². The molecule has 0 aliphatic rings. The molecule has 0 fully saturated rings. The van der Waals surface area contributed by atoms with Crippen LogP contribution < -0.4 is 18.9 Å². The van der Waals surface area contributed by atoms with E-state index in [0.29, 0.717) is 34.1 Å². The molecule has 0 saturated carbocycles. The van der Waals surface area contributed by atoms with Gasteiger partial charge < -0.3 is 29.2 Å². The third-order valence-corrected chi connectivity index (χ3v) is 4.19. The van der Waals surface area contributed by atoms with Crippen LogP contribution in [0.25, 0.3) is 12.2 Å². The molecule has 0 aliphatic heterocycles. The average molecular weight is 414 g/mol. The number of hydrogen-bond acceptors (Lipinski definition) is 6. The van der Waals surface area contributed by atoms with Crippen LogP contribution in [0.15, 0.2) is 47.5 Å². The maximum absolute atomic E-state index is 11.9. The molecule has 2 rings (SSSR count). The van der Waals surface area contributed by atoms with E-state index in [1.54, 1.807) is 36.4 Å². The van der Waals surface area contributed by atoms with Crippen LogP contribution >= 0.6 is 0 Å². The first-order chi connectivity index (χ1) is 14.3. The van der Waals surface area contributed by atoms with Crippen LogP contribution in [0.1, 0.15) is 11.1 Å². The molecule has 0 radical (unpaired) electrons. The number of carboxylic acids is 2. The SMILES string of the molecule is COc1ccc(/C=C(C(=O)O)/C(=C/c2ccc(OC)c(OC)c2)C(=O)O)cc1OC. The summed E-state index contributed by atoms with van der Waals surface area (Å²) in [5.74, 6) is -1.08. The Morgan fingerprint density at radius 2 is 0.967 bits per heavy atom. The lowest BCUT2D eigenvalue weighted by atomic mass is 10.00. The number of ether oxygens (including phenoxy) is 4. The molecule has 0 atom stereocenters. The fraction of sp³-hybridized carbons (Fsp3) is 0.182. The zero-order chi connectivity index (χ0) is 22.3. The Kier molecular flexibility index (Phi) is 7.46. The van der Waals surface area contributed by atoms with E-state index in [0.717, 1.165) is 0 Å². The molecule has 0 spiro atoms. The normalized spacial score (nSPS) is 11.6. The Morgan fingerprint density at radius 3 is 1.23 bits per heavy atom. The van der Waals surface area contributed by atoms with Gasteiger partial charge in [0.25, 0.3) is 0 Å². The molecule has 2 aromatic rings. The molecule has 0 aromatic heterocycles. The number of benzene rings is 2. The highest BCUT2D eigenvalue weighted by Gasteiger charge is 2.21. The van der Waals surface area contributed by atoms with Crippen molar-refractivity contribution in [3.05, 3.63) is 58.7 Å². The van der Waals surface area contributed by atoms with Crippen molar-refractivity contribution in [2.45, 2.75) is 0 Å². The second kappa shape index (κ2) is 10.0. The van der Waals surface area contributed by atoms with E-state index in [1.807, 2.05) is 0 Å². The van der Waals surface area contributed by atoms with Crippen LogP contribution in [0.5, 0.6) is 23.0 Å². The highest BCUT2D eigenvalue weighted by Crippen LogP contribution is 2.31. The summed E-state index contributed by atoms with van der Waals surface area (Å²) in [6.45, 7) is 0. The van der Waals surface area contributed by atoms with E-state index >= 15 is 0 Å². The van der Waals surface area contributed by atoms with Crippen LogP contribution in [0.3, 0.4) is 0 Å². The summed E-state index contributed by atoms with van der Waals surface area (Å²) < 4.78 is 20.7. The molecule has 2 aromatic carbocycles. The quantitative estimate of drug-likeness (QED) is 0.475. The van der Waals surface area contributed by atoms with Crippen LogP contribution in [-0.4, -0.2) is 50.6 Å². The van der Waals surface area contributed by atoms with Gasteiger partial charge in [0.15, 0.2) is 23.0 Å². The van der Waals surface area contributed by atoms with Gasteiger partial charge >= 0.3 is 11.9 Å². The van der Waals surface area contributed by atoms with E-state index in [2.05, 4.69) is 0 Å². The van der Waals surface area contributed by atoms with Gasteiger partial charge in [-0.3, -0.25) is 0 Å². The molecule has 0 unspecified atom stereocenters. The molecule has 0 heterocycles. The van der Waals surface area contributed by atoms with Crippen molar-refractivity contribution in [3.63, 3.8) is 0 Å². The molecule has 158 valence electrons. The zero-order valence-electron chi connectivity index (χ0n) is 17.0. The van der Waals surface area contributed by atoms with Crippen LogP contribution in [-0.2, 0) is 9.59 Å². The fourth-order valence-corrected chi connectivity index (χ4v) is 2.73. The first-order valence-corrected chi connectivity index (χ1v) is 8.69. The third-order valence-electron chi connectivity index (χ3n) is 4.19. The topological polar surface area (TPSA) is 112 Å². The van der Waals surface area contributed by atoms with Gasteiger partial charge in [-0.25, -0.2) is 9.59 Å². The molecule has 30 heavy (non-hydrogen) atoms. The second-order valence-corrected chi connectivity index (χ2v) is 5.96. The lowest BCUT2D eigenvalue weighted by molar-refractivity contribution is -0.136. The van der Waals surface area contributed by atoms with Gasteiger partial charge in [0.05, 0.1) is 39.6 Å². The Labute approximate surface area is 173 Å². The third kappa shape index (κ3) is 5.11. The summed E-state index contributed by atoms with van der Waals surface area (Å²) in [4.78, 5) is 23.7. The van der Waals surface area contributed by atoms with E-state index < -0.39 is 23.1 Å². The number of carboxylic acid groups (broad SMARTS) is 2. The lowest BCUT2D eigenvalue weighted by Crippen LogP contribution is -2.11. The first-order valence-electron chi connectivity index (χ1n) is 8.69. The van der Waals surface area contributed by atoms with Crippen molar-refractivity contribution in [1.29, 1.82) is 0 Å². The van der Waals surface area contributed by atoms with E-state index in [9.17, 15) is 19.8 Å².